The highest BCUT2D eigenvalue weighted by atomic mass is 32.2. The predicted molar refractivity (Wildman–Crippen MR) is 117 cm³/mol. The number of aryl methyl sites for hydroxylation is 3. The van der Waals surface area contributed by atoms with Gasteiger partial charge in [-0.15, -0.1) is 0 Å². The fourth-order valence-corrected chi connectivity index (χ4v) is 4.85. The number of amides is 2. The molecule has 0 spiro atoms. The van der Waals surface area contributed by atoms with Gasteiger partial charge in [0.2, 0.25) is 21.8 Å². The fraction of sp³-hybridized carbons (Fsp3) is 0.364. The van der Waals surface area contributed by atoms with Crippen LogP contribution in [0.2, 0.25) is 0 Å². The van der Waals surface area contributed by atoms with Gasteiger partial charge >= 0.3 is 0 Å². The van der Waals surface area contributed by atoms with Gasteiger partial charge in [0.05, 0.1) is 11.4 Å². The van der Waals surface area contributed by atoms with Crippen molar-refractivity contribution in [2.45, 2.75) is 38.5 Å². The van der Waals surface area contributed by atoms with Gasteiger partial charge in [-0.1, -0.05) is 17.7 Å². The second kappa shape index (κ2) is 8.57. The molecule has 160 valence electrons. The Kier molecular flexibility index (Phi) is 6.28. The lowest BCUT2D eigenvalue weighted by atomic mass is 10.0. The molecule has 0 fully saturated rings. The van der Waals surface area contributed by atoms with Gasteiger partial charge in [0.1, 0.15) is 0 Å². The number of nitrogens with zero attached hydrogens (tertiary/aromatic N) is 2. The minimum absolute atomic E-state index is 0.0632. The van der Waals surface area contributed by atoms with E-state index in [-0.39, 0.29) is 17.3 Å². The molecule has 3 rings (SSSR count). The number of hydrogen-bond acceptors (Lipinski definition) is 4. The third-order valence-corrected chi connectivity index (χ3v) is 7.08. The molecule has 2 amide bonds. The molecule has 0 aliphatic carbocycles. The number of fused-ring (bicyclic) bond motifs is 1. The summed E-state index contributed by atoms with van der Waals surface area (Å²) in [6, 6.07) is 10.4. The van der Waals surface area contributed by atoms with Crippen LogP contribution in [0.4, 0.5) is 11.4 Å². The van der Waals surface area contributed by atoms with Crippen molar-refractivity contribution in [3.05, 3.63) is 53.1 Å². The van der Waals surface area contributed by atoms with Gasteiger partial charge in [-0.05, 0) is 62.1 Å². The number of anilines is 2. The standard InChI is InChI=1S/C22H27N3O4S/c1-15-7-9-20(16(2)12-15)23-22(27)14-24(4)30(28,29)19-8-10-21-18(13-19)6-5-11-25(21)17(3)26/h7-10,12-13H,5-6,11,14H2,1-4H3,(H,23,27). The zero-order chi connectivity index (χ0) is 22.1. The SMILES string of the molecule is CC(=O)N1CCCc2cc(S(=O)(=O)N(C)CC(=O)Nc3ccc(C)cc3C)ccc21. The van der Waals surface area contributed by atoms with Gasteiger partial charge in [-0.3, -0.25) is 9.59 Å². The van der Waals surface area contributed by atoms with E-state index < -0.39 is 15.9 Å². The molecule has 1 aliphatic heterocycles. The molecule has 2 aromatic carbocycles. The molecule has 0 aromatic heterocycles. The van der Waals surface area contributed by atoms with Crippen molar-refractivity contribution in [1.29, 1.82) is 0 Å². The van der Waals surface area contributed by atoms with Crippen molar-refractivity contribution >= 4 is 33.2 Å². The first-order valence-electron chi connectivity index (χ1n) is 9.84. The molecule has 0 unspecified atom stereocenters. The maximum Gasteiger partial charge on any atom is 0.243 e. The van der Waals surface area contributed by atoms with Crippen molar-refractivity contribution in [1.82, 2.24) is 4.31 Å². The minimum atomic E-state index is -3.85. The summed E-state index contributed by atoms with van der Waals surface area (Å²) in [5, 5.41) is 2.77. The Morgan fingerprint density at radius 3 is 2.53 bits per heavy atom. The van der Waals surface area contributed by atoms with Crippen LogP contribution in [0.15, 0.2) is 41.3 Å². The highest BCUT2D eigenvalue weighted by Crippen LogP contribution is 2.30. The second-order valence-electron chi connectivity index (χ2n) is 7.69. The molecule has 0 radical (unpaired) electrons. The topological polar surface area (TPSA) is 86.8 Å². The molecule has 1 heterocycles. The van der Waals surface area contributed by atoms with E-state index in [2.05, 4.69) is 5.32 Å². The van der Waals surface area contributed by atoms with Crippen molar-refractivity contribution in [3.8, 4) is 0 Å². The van der Waals surface area contributed by atoms with Crippen LogP contribution < -0.4 is 10.2 Å². The zero-order valence-electron chi connectivity index (χ0n) is 17.7. The van der Waals surface area contributed by atoms with Crippen LogP contribution in [0.25, 0.3) is 0 Å². The van der Waals surface area contributed by atoms with E-state index in [0.29, 0.717) is 18.7 Å². The van der Waals surface area contributed by atoms with Crippen molar-refractivity contribution < 1.29 is 18.0 Å². The molecule has 2 aromatic rings. The van der Waals surface area contributed by atoms with Crippen molar-refractivity contribution in [2.24, 2.45) is 0 Å². The molecule has 30 heavy (non-hydrogen) atoms. The van der Waals surface area contributed by atoms with Crippen LogP contribution in [-0.2, 0) is 26.0 Å². The lowest BCUT2D eigenvalue weighted by Crippen LogP contribution is -2.36. The first-order valence-corrected chi connectivity index (χ1v) is 11.3. The smallest absolute Gasteiger partial charge is 0.243 e. The molecular weight excluding hydrogens is 402 g/mol. The molecule has 0 atom stereocenters. The maximum atomic E-state index is 13.0. The van der Waals surface area contributed by atoms with Crippen LogP contribution in [-0.4, -0.2) is 44.7 Å². The van der Waals surface area contributed by atoms with Crippen LogP contribution >= 0.6 is 0 Å². The summed E-state index contributed by atoms with van der Waals surface area (Å²) in [6.45, 7) is 5.69. The van der Waals surface area contributed by atoms with E-state index in [1.165, 1.54) is 20.0 Å². The Balaban J connectivity index is 1.76. The van der Waals surface area contributed by atoms with E-state index in [1.54, 1.807) is 23.1 Å². The fourth-order valence-electron chi connectivity index (χ4n) is 3.67. The lowest BCUT2D eigenvalue weighted by molar-refractivity contribution is -0.117. The number of nitrogens with one attached hydrogen (secondary N) is 1. The Bertz CT molecular complexity index is 1100. The molecular formula is C22H27N3O4S. The summed E-state index contributed by atoms with van der Waals surface area (Å²) in [7, 11) is -2.46. The van der Waals surface area contributed by atoms with E-state index >= 15 is 0 Å². The molecule has 7 nitrogen and oxygen atoms in total. The number of carbonyl (C=O) groups excluding carboxylic acids is 2. The summed E-state index contributed by atoms with van der Waals surface area (Å²) in [6.07, 6.45) is 1.49. The van der Waals surface area contributed by atoms with Crippen LogP contribution in [0, 0.1) is 13.8 Å². The summed E-state index contributed by atoms with van der Waals surface area (Å²) in [5.41, 5.74) is 4.24. The predicted octanol–water partition coefficient (Wildman–Crippen LogP) is 2.86. The quantitative estimate of drug-likeness (QED) is 0.792. The summed E-state index contributed by atoms with van der Waals surface area (Å²) in [4.78, 5) is 26.0. The van der Waals surface area contributed by atoms with E-state index in [1.807, 2.05) is 26.0 Å². The van der Waals surface area contributed by atoms with Gasteiger partial charge < -0.3 is 10.2 Å². The number of benzene rings is 2. The van der Waals surface area contributed by atoms with E-state index in [0.717, 1.165) is 33.1 Å². The Morgan fingerprint density at radius 1 is 1.13 bits per heavy atom. The van der Waals surface area contributed by atoms with E-state index in [4.69, 9.17) is 0 Å². The Hall–Kier alpha value is -2.71. The molecule has 0 saturated heterocycles. The normalized spacial score (nSPS) is 13.8. The molecule has 1 aliphatic rings. The average molecular weight is 430 g/mol. The first kappa shape index (κ1) is 22.0. The largest absolute Gasteiger partial charge is 0.325 e. The Morgan fingerprint density at radius 2 is 1.87 bits per heavy atom. The van der Waals surface area contributed by atoms with Gasteiger partial charge in [-0.25, -0.2) is 8.42 Å². The third-order valence-electron chi connectivity index (χ3n) is 5.28. The average Bonchev–Trinajstić information content (AvgIpc) is 2.69. The summed E-state index contributed by atoms with van der Waals surface area (Å²) < 4.78 is 27.0. The van der Waals surface area contributed by atoms with Crippen LogP contribution in [0.1, 0.15) is 30.0 Å². The summed E-state index contributed by atoms with van der Waals surface area (Å²) >= 11 is 0. The van der Waals surface area contributed by atoms with E-state index in [9.17, 15) is 18.0 Å². The Labute approximate surface area is 177 Å². The molecule has 0 bridgehead atoms. The highest BCUT2D eigenvalue weighted by Gasteiger charge is 2.26. The number of likely N-dealkylation sites (N-methyl/N-ethyl adjacent to an activating group) is 1. The van der Waals surface area contributed by atoms with Crippen LogP contribution in [0.5, 0.6) is 0 Å². The third kappa shape index (κ3) is 4.55. The number of hydrogen-bond donors (Lipinski definition) is 1. The van der Waals surface area contributed by atoms with Crippen molar-refractivity contribution in [2.75, 3.05) is 30.4 Å². The second-order valence-corrected chi connectivity index (χ2v) is 9.74. The lowest BCUT2D eigenvalue weighted by Gasteiger charge is -2.29. The van der Waals surface area contributed by atoms with Gasteiger partial charge in [0.25, 0.3) is 0 Å². The first-order chi connectivity index (χ1) is 14.1. The van der Waals surface area contributed by atoms with Gasteiger partial charge in [-0.2, -0.15) is 4.31 Å². The summed E-state index contributed by atoms with van der Waals surface area (Å²) in [5.74, 6) is -0.472. The molecule has 8 heteroatoms. The molecule has 0 saturated carbocycles. The monoisotopic (exact) mass is 429 g/mol. The van der Waals surface area contributed by atoms with Crippen molar-refractivity contribution in [3.63, 3.8) is 0 Å². The van der Waals surface area contributed by atoms with Gasteiger partial charge in [0.15, 0.2) is 0 Å². The zero-order valence-corrected chi connectivity index (χ0v) is 18.5. The highest BCUT2D eigenvalue weighted by molar-refractivity contribution is 7.89. The maximum absolute atomic E-state index is 13.0. The molecule has 1 N–H and O–H groups in total. The van der Waals surface area contributed by atoms with Gasteiger partial charge in [0, 0.05) is 31.9 Å². The number of sulfonamides is 1. The number of rotatable bonds is 5. The van der Waals surface area contributed by atoms with Crippen LogP contribution in [0.3, 0.4) is 0 Å². The minimum Gasteiger partial charge on any atom is -0.325 e. The number of carbonyl (C=O) groups is 2.